The number of hydrogen-bond acceptors (Lipinski definition) is 8. The van der Waals surface area contributed by atoms with Gasteiger partial charge in [0.25, 0.3) is 0 Å². The van der Waals surface area contributed by atoms with Crippen molar-refractivity contribution in [1.82, 2.24) is 16.0 Å². The number of phenols is 1. The number of thioether (sulfide) groups is 1. The quantitative estimate of drug-likeness (QED) is 0.362. The number of aromatic hydroxyl groups is 1. The Morgan fingerprint density at radius 2 is 2.16 bits per heavy atom. The Kier molecular flexibility index (Phi) is 8.94. The van der Waals surface area contributed by atoms with Gasteiger partial charge in [-0.1, -0.05) is 6.08 Å². The number of cyclic esters (lactones) is 1. The molecule has 0 radical (unpaired) electrons. The van der Waals surface area contributed by atoms with E-state index in [0.717, 1.165) is 0 Å². The Morgan fingerprint density at radius 3 is 2.78 bits per heavy atom. The molecular formula is C21H27N3O7S. The van der Waals surface area contributed by atoms with Crippen LogP contribution in [0.3, 0.4) is 0 Å². The fourth-order valence-corrected chi connectivity index (χ4v) is 4.21. The fraction of sp³-hybridized carbons (Fsp3) is 0.429. The Labute approximate surface area is 190 Å². The molecule has 3 amide bonds. The molecular weight excluding hydrogens is 438 g/mol. The van der Waals surface area contributed by atoms with Crippen LogP contribution < -0.4 is 20.7 Å². The molecule has 1 heterocycles. The van der Waals surface area contributed by atoms with Crippen LogP contribution in [-0.2, 0) is 24.9 Å². The summed E-state index contributed by atoms with van der Waals surface area (Å²) in [7, 11) is 1.41. The number of rotatable bonds is 5. The van der Waals surface area contributed by atoms with E-state index in [2.05, 4.69) is 22.5 Å². The third-order valence-electron chi connectivity index (χ3n) is 4.71. The normalized spacial score (nSPS) is 19.2. The van der Waals surface area contributed by atoms with Crippen molar-refractivity contribution < 1.29 is 33.8 Å². The zero-order chi connectivity index (χ0) is 23.8. The van der Waals surface area contributed by atoms with Crippen LogP contribution in [0.4, 0.5) is 0 Å². The predicted octanol–water partition coefficient (Wildman–Crippen LogP) is 0.405. The molecule has 2 atom stereocenters. The fourth-order valence-electron chi connectivity index (χ4n) is 3.12. The molecule has 1 aromatic rings. The summed E-state index contributed by atoms with van der Waals surface area (Å²) < 4.78 is 10.5. The second kappa shape index (κ2) is 11.4. The monoisotopic (exact) mass is 465 g/mol. The van der Waals surface area contributed by atoms with Crippen molar-refractivity contribution in [2.75, 3.05) is 26.0 Å². The molecule has 0 unspecified atom stereocenters. The molecule has 1 aliphatic heterocycles. The van der Waals surface area contributed by atoms with Crippen LogP contribution in [0.1, 0.15) is 28.4 Å². The zero-order valence-electron chi connectivity index (χ0n) is 18.1. The number of amides is 3. The molecule has 0 saturated carbocycles. The molecule has 0 bridgehead atoms. The Morgan fingerprint density at radius 1 is 1.44 bits per heavy atom. The Balaban J connectivity index is 2.46. The number of nitrogens with one attached hydrogen (secondary N) is 3. The van der Waals surface area contributed by atoms with Crippen molar-refractivity contribution in [2.45, 2.75) is 31.7 Å². The van der Waals surface area contributed by atoms with Crippen molar-refractivity contribution in [2.24, 2.45) is 0 Å². The van der Waals surface area contributed by atoms with Crippen molar-refractivity contribution in [1.29, 1.82) is 0 Å². The van der Waals surface area contributed by atoms with Gasteiger partial charge in [-0.25, -0.2) is 4.79 Å². The predicted molar refractivity (Wildman–Crippen MR) is 119 cm³/mol. The zero-order valence-corrected chi connectivity index (χ0v) is 19.0. The lowest BCUT2D eigenvalue weighted by Crippen LogP contribution is -2.56. The molecule has 0 aliphatic carbocycles. The van der Waals surface area contributed by atoms with E-state index in [1.165, 1.54) is 37.9 Å². The number of benzene rings is 1. The van der Waals surface area contributed by atoms with Gasteiger partial charge in [0.15, 0.2) is 0 Å². The van der Waals surface area contributed by atoms with Gasteiger partial charge in [0.2, 0.25) is 17.7 Å². The van der Waals surface area contributed by atoms with Gasteiger partial charge in [-0.05, 0) is 6.92 Å². The number of ether oxygens (including phenoxy) is 2. The number of fused-ring (bicyclic) bond motifs is 1. The van der Waals surface area contributed by atoms with E-state index in [0.29, 0.717) is 16.9 Å². The van der Waals surface area contributed by atoms with Gasteiger partial charge < -0.3 is 30.5 Å². The average molecular weight is 466 g/mol. The average Bonchev–Trinajstić information content (AvgIpc) is 2.74. The Bertz CT molecular complexity index is 919. The van der Waals surface area contributed by atoms with Crippen LogP contribution in [0.2, 0.25) is 0 Å². The maximum absolute atomic E-state index is 12.9. The molecule has 0 spiro atoms. The van der Waals surface area contributed by atoms with E-state index in [1.807, 2.05) is 0 Å². The first-order chi connectivity index (χ1) is 15.2. The number of phenolic OH excluding ortho intramolecular Hbond substituents is 1. The summed E-state index contributed by atoms with van der Waals surface area (Å²) in [6.07, 6.45) is 1.51. The summed E-state index contributed by atoms with van der Waals surface area (Å²) in [5.74, 6) is -1.90. The summed E-state index contributed by atoms with van der Waals surface area (Å²) >= 11 is 1.24. The van der Waals surface area contributed by atoms with E-state index in [1.54, 1.807) is 6.92 Å². The molecule has 1 aliphatic rings. The van der Waals surface area contributed by atoms with Crippen LogP contribution in [0.15, 0.2) is 18.7 Å². The molecule has 0 aromatic heterocycles. The summed E-state index contributed by atoms with van der Waals surface area (Å²) in [6, 6.07) is -0.730. The minimum absolute atomic E-state index is 0.115. The minimum atomic E-state index is -1.21. The standard InChI is InChI=1S/C21H27N3O7S/c1-5-6-22-19(27)15-10-32-9-13-16(26)7-17(30-4)11(2)18(13)21(29)31-8-14(20(28)24-15)23-12(3)25/h5,7,14-15,26H,1,6,8-10H2,2-4H3,(H,22,27)(H,23,25)(H,24,28)/t14-,15-/m0/s1. The van der Waals surface area contributed by atoms with E-state index in [-0.39, 0.29) is 29.4 Å². The van der Waals surface area contributed by atoms with Gasteiger partial charge in [-0.3, -0.25) is 14.4 Å². The maximum atomic E-state index is 12.9. The lowest BCUT2D eigenvalue weighted by atomic mass is 10.0. The van der Waals surface area contributed by atoms with Crippen LogP contribution in [0, 0.1) is 6.92 Å². The first-order valence-electron chi connectivity index (χ1n) is 9.79. The second-order valence-corrected chi connectivity index (χ2v) is 8.07. The molecule has 174 valence electrons. The summed E-state index contributed by atoms with van der Waals surface area (Å²) in [5, 5.41) is 18.1. The van der Waals surface area contributed by atoms with Crippen LogP contribution >= 0.6 is 11.8 Å². The van der Waals surface area contributed by atoms with Crippen molar-refractivity contribution >= 4 is 35.5 Å². The number of hydrogen-bond donors (Lipinski definition) is 4. The van der Waals surface area contributed by atoms with E-state index >= 15 is 0 Å². The molecule has 0 saturated heterocycles. The third-order valence-corrected chi connectivity index (χ3v) is 5.77. The maximum Gasteiger partial charge on any atom is 0.339 e. The highest BCUT2D eigenvalue weighted by molar-refractivity contribution is 7.98. The summed E-state index contributed by atoms with van der Waals surface area (Å²) in [6.45, 7) is 6.17. The SMILES string of the molecule is C=CCNC(=O)[C@@H]1CSCc2c(O)cc(OC)c(C)c2C(=O)OC[C@H](NC(C)=O)C(=O)N1. The number of carbonyl (C=O) groups excluding carboxylic acids is 4. The number of carbonyl (C=O) groups is 4. The lowest BCUT2D eigenvalue weighted by Gasteiger charge is -2.24. The number of esters is 1. The highest BCUT2D eigenvalue weighted by atomic mass is 32.2. The van der Waals surface area contributed by atoms with Crippen molar-refractivity contribution in [3.63, 3.8) is 0 Å². The second-order valence-electron chi connectivity index (χ2n) is 7.04. The Hall–Kier alpha value is -3.21. The van der Waals surface area contributed by atoms with Crippen LogP contribution in [-0.4, -0.2) is 66.9 Å². The molecule has 11 heteroatoms. The van der Waals surface area contributed by atoms with Gasteiger partial charge in [0, 0.05) is 42.2 Å². The molecule has 4 N–H and O–H groups in total. The van der Waals surface area contributed by atoms with Gasteiger partial charge >= 0.3 is 5.97 Å². The van der Waals surface area contributed by atoms with E-state index in [9.17, 15) is 24.3 Å². The number of methoxy groups -OCH3 is 1. The van der Waals surface area contributed by atoms with Gasteiger partial charge in [-0.15, -0.1) is 6.58 Å². The molecule has 10 nitrogen and oxygen atoms in total. The first-order valence-corrected chi connectivity index (χ1v) is 10.9. The topological polar surface area (TPSA) is 143 Å². The summed E-state index contributed by atoms with van der Waals surface area (Å²) in [4.78, 5) is 49.7. The van der Waals surface area contributed by atoms with E-state index < -0.39 is 42.4 Å². The lowest BCUT2D eigenvalue weighted by molar-refractivity contribution is -0.132. The van der Waals surface area contributed by atoms with Crippen LogP contribution in [0.25, 0.3) is 0 Å². The third kappa shape index (κ3) is 6.16. The molecule has 32 heavy (non-hydrogen) atoms. The van der Waals surface area contributed by atoms with Crippen LogP contribution in [0.5, 0.6) is 11.5 Å². The smallest absolute Gasteiger partial charge is 0.339 e. The largest absolute Gasteiger partial charge is 0.507 e. The minimum Gasteiger partial charge on any atom is -0.507 e. The highest BCUT2D eigenvalue weighted by Gasteiger charge is 2.30. The molecule has 1 aromatic carbocycles. The van der Waals surface area contributed by atoms with Crippen molar-refractivity contribution in [3.05, 3.63) is 35.4 Å². The van der Waals surface area contributed by atoms with E-state index in [4.69, 9.17) is 9.47 Å². The first kappa shape index (κ1) is 25.1. The van der Waals surface area contributed by atoms with Gasteiger partial charge in [0.05, 0.1) is 12.7 Å². The molecule has 2 rings (SSSR count). The van der Waals surface area contributed by atoms with Gasteiger partial charge in [0.1, 0.15) is 30.2 Å². The van der Waals surface area contributed by atoms with Gasteiger partial charge in [-0.2, -0.15) is 11.8 Å². The van der Waals surface area contributed by atoms with Crippen molar-refractivity contribution in [3.8, 4) is 11.5 Å². The summed E-state index contributed by atoms with van der Waals surface area (Å²) in [5.41, 5.74) is 0.903. The molecule has 0 fully saturated rings. The highest BCUT2D eigenvalue weighted by Crippen LogP contribution is 2.35.